The summed E-state index contributed by atoms with van der Waals surface area (Å²) >= 11 is 12.3. The molecule has 0 bridgehead atoms. The summed E-state index contributed by atoms with van der Waals surface area (Å²) in [6.45, 7) is 3.94. The van der Waals surface area contributed by atoms with E-state index < -0.39 is 5.82 Å². The summed E-state index contributed by atoms with van der Waals surface area (Å²) in [5.74, 6) is -0.767. The van der Waals surface area contributed by atoms with Crippen LogP contribution in [0, 0.1) is 5.82 Å². The van der Waals surface area contributed by atoms with Crippen LogP contribution in [0.3, 0.4) is 0 Å². The Balaban J connectivity index is 2.99. The average Bonchev–Trinajstić information content (AvgIpc) is 1.98. The van der Waals surface area contributed by atoms with Crippen molar-refractivity contribution in [2.24, 2.45) is 0 Å². The zero-order valence-electron chi connectivity index (χ0n) is 7.01. The molecule has 0 unspecified atom stereocenters. The summed E-state index contributed by atoms with van der Waals surface area (Å²) in [4.78, 5) is 7.46. The summed E-state index contributed by atoms with van der Waals surface area (Å²) in [7, 11) is 0. The van der Waals surface area contributed by atoms with E-state index in [4.69, 9.17) is 23.2 Å². The molecule has 6 heteroatoms. The quantitative estimate of drug-likeness (QED) is 0.450. The van der Waals surface area contributed by atoms with Crippen LogP contribution in [0.15, 0.2) is 5.16 Å². The number of nitrogens with zero attached hydrogens (tertiary/aromatic N) is 2. The Morgan fingerprint density at radius 1 is 1.23 bits per heavy atom. The van der Waals surface area contributed by atoms with Crippen LogP contribution in [0.1, 0.15) is 13.8 Å². The molecule has 0 aliphatic heterocycles. The monoisotopic (exact) mass is 240 g/mol. The van der Waals surface area contributed by atoms with Crippen molar-refractivity contribution >= 4 is 35.0 Å². The number of aromatic nitrogens is 2. The van der Waals surface area contributed by atoms with Crippen LogP contribution < -0.4 is 0 Å². The van der Waals surface area contributed by atoms with E-state index in [1.165, 1.54) is 11.8 Å². The smallest absolute Gasteiger partial charge is 0.197 e. The van der Waals surface area contributed by atoms with Crippen LogP contribution in [-0.4, -0.2) is 15.2 Å². The third-order valence-corrected chi connectivity index (χ3v) is 2.46. The Morgan fingerprint density at radius 2 is 1.69 bits per heavy atom. The fourth-order valence-corrected chi connectivity index (χ4v) is 1.84. The highest BCUT2D eigenvalue weighted by atomic mass is 35.5. The van der Waals surface area contributed by atoms with Gasteiger partial charge in [-0.05, 0) is 0 Å². The highest BCUT2D eigenvalue weighted by molar-refractivity contribution is 7.99. The molecule has 0 radical (unpaired) electrons. The van der Waals surface area contributed by atoms with Crippen LogP contribution in [0.25, 0.3) is 0 Å². The Bertz CT molecular complexity index is 296. The Labute approximate surface area is 89.9 Å². The van der Waals surface area contributed by atoms with Crippen molar-refractivity contribution in [1.29, 1.82) is 0 Å². The lowest BCUT2D eigenvalue weighted by atomic mass is 10.6. The van der Waals surface area contributed by atoms with E-state index in [0.717, 1.165) is 0 Å². The van der Waals surface area contributed by atoms with Gasteiger partial charge in [-0.15, -0.1) is 0 Å². The van der Waals surface area contributed by atoms with Crippen LogP contribution in [-0.2, 0) is 0 Å². The van der Waals surface area contributed by atoms with Crippen molar-refractivity contribution in [3.05, 3.63) is 16.1 Å². The van der Waals surface area contributed by atoms with Crippen molar-refractivity contribution in [3.63, 3.8) is 0 Å². The molecule has 0 amide bonds. The van der Waals surface area contributed by atoms with Gasteiger partial charge in [0.25, 0.3) is 0 Å². The first kappa shape index (κ1) is 11.0. The van der Waals surface area contributed by atoms with Crippen molar-refractivity contribution in [2.45, 2.75) is 24.3 Å². The predicted octanol–water partition coefficient (Wildman–Crippen LogP) is 3.42. The van der Waals surface area contributed by atoms with E-state index >= 15 is 0 Å². The van der Waals surface area contributed by atoms with Crippen molar-refractivity contribution in [1.82, 2.24) is 9.97 Å². The van der Waals surface area contributed by atoms with Gasteiger partial charge in [0.15, 0.2) is 21.3 Å². The molecule has 0 fully saturated rings. The summed E-state index contributed by atoms with van der Waals surface area (Å²) < 4.78 is 12.9. The van der Waals surface area contributed by atoms with E-state index in [1.807, 2.05) is 13.8 Å². The largest absolute Gasteiger partial charge is 0.207 e. The number of hydrogen-bond acceptors (Lipinski definition) is 3. The molecular weight excluding hydrogens is 234 g/mol. The van der Waals surface area contributed by atoms with Gasteiger partial charge < -0.3 is 0 Å². The number of thioether (sulfide) groups is 1. The van der Waals surface area contributed by atoms with Crippen LogP contribution >= 0.6 is 35.0 Å². The zero-order chi connectivity index (χ0) is 10.0. The molecule has 0 saturated carbocycles. The standard InChI is InChI=1S/C7H7Cl2FN2S/c1-3(2)13-7-11-5(8)4(10)6(9)12-7/h3H,1-2H3. The molecule has 1 heterocycles. The first-order valence-corrected chi connectivity index (χ1v) is 5.19. The van der Waals surface area contributed by atoms with E-state index in [9.17, 15) is 4.39 Å². The van der Waals surface area contributed by atoms with E-state index in [-0.39, 0.29) is 10.3 Å². The van der Waals surface area contributed by atoms with Gasteiger partial charge in [0.1, 0.15) is 0 Å². The second kappa shape index (κ2) is 4.44. The van der Waals surface area contributed by atoms with Gasteiger partial charge in [-0.2, -0.15) is 0 Å². The molecule has 1 aromatic heterocycles. The Kier molecular flexibility index (Phi) is 3.76. The van der Waals surface area contributed by atoms with Crippen molar-refractivity contribution < 1.29 is 4.39 Å². The van der Waals surface area contributed by atoms with Gasteiger partial charge in [0, 0.05) is 5.25 Å². The van der Waals surface area contributed by atoms with Gasteiger partial charge in [0.05, 0.1) is 0 Å². The Hall–Kier alpha value is -0.0600. The molecule has 0 atom stereocenters. The zero-order valence-corrected chi connectivity index (χ0v) is 9.34. The second-order valence-corrected chi connectivity index (χ2v) is 4.83. The molecule has 0 aromatic carbocycles. The molecule has 0 aliphatic rings. The molecule has 13 heavy (non-hydrogen) atoms. The van der Waals surface area contributed by atoms with Gasteiger partial charge >= 0.3 is 0 Å². The van der Waals surface area contributed by atoms with E-state index in [2.05, 4.69) is 9.97 Å². The minimum absolute atomic E-state index is 0.233. The number of halogens is 3. The lowest BCUT2D eigenvalue weighted by Crippen LogP contribution is -1.96. The van der Waals surface area contributed by atoms with Crippen molar-refractivity contribution in [2.75, 3.05) is 0 Å². The average molecular weight is 241 g/mol. The van der Waals surface area contributed by atoms with Crippen LogP contribution in [0.2, 0.25) is 10.3 Å². The topological polar surface area (TPSA) is 25.8 Å². The summed E-state index contributed by atoms with van der Waals surface area (Å²) in [6.07, 6.45) is 0. The minimum Gasteiger partial charge on any atom is -0.207 e. The van der Waals surface area contributed by atoms with E-state index in [1.54, 1.807) is 0 Å². The summed E-state index contributed by atoms with van der Waals surface area (Å²) in [5, 5.41) is 0.232. The van der Waals surface area contributed by atoms with Gasteiger partial charge in [0.2, 0.25) is 0 Å². The fourth-order valence-electron chi connectivity index (χ4n) is 0.640. The lowest BCUT2D eigenvalue weighted by Gasteiger charge is -2.04. The maximum atomic E-state index is 12.9. The molecule has 0 spiro atoms. The number of hydrogen-bond donors (Lipinski definition) is 0. The minimum atomic E-state index is -0.767. The van der Waals surface area contributed by atoms with Crippen LogP contribution in [0.4, 0.5) is 4.39 Å². The van der Waals surface area contributed by atoms with Crippen molar-refractivity contribution in [3.8, 4) is 0 Å². The predicted molar refractivity (Wildman–Crippen MR) is 53.0 cm³/mol. The molecule has 0 N–H and O–H groups in total. The molecular formula is C7H7Cl2FN2S. The normalized spacial score (nSPS) is 10.9. The highest BCUT2D eigenvalue weighted by Crippen LogP contribution is 2.25. The SMILES string of the molecule is CC(C)Sc1nc(Cl)c(F)c(Cl)n1. The Morgan fingerprint density at radius 3 is 2.08 bits per heavy atom. The molecule has 72 valence electrons. The third kappa shape index (κ3) is 2.97. The first-order valence-electron chi connectivity index (χ1n) is 3.56. The maximum absolute atomic E-state index is 12.9. The fraction of sp³-hybridized carbons (Fsp3) is 0.429. The first-order chi connectivity index (χ1) is 6.00. The van der Waals surface area contributed by atoms with Gasteiger partial charge in [-0.25, -0.2) is 14.4 Å². The molecule has 2 nitrogen and oxygen atoms in total. The highest BCUT2D eigenvalue weighted by Gasteiger charge is 2.11. The molecule has 0 saturated heterocycles. The van der Waals surface area contributed by atoms with Gasteiger partial charge in [-0.1, -0.05) is 48.8 Å². The van der Waals surface area contributed by atoms with E-state index in [0.29, 0.717) is 10.4 Å². The maximum Gasteiger partial charge on any atom is 0.197 e. The molecule has 0 aliphatic carbocycles. The lowest BCUT2D eigenvalue weighted by molar-refractivity contribution is 0.606. The molecule has 1 rings (SSSR count). The third-order valence-electron chi connectivity index (χ3n) is 1.09. The van der Waals surface area contributed by atoms with Gasteiger partial charge in [-0.3, -0.25) is 0 Å². The van der Waals surface area contributed by atoms with Crippen LogP contribution in [0.5, 0.6) is 0 Å². The number of rotatable bonds is 2. The molecule has 1 aromatic rings. The summed E-state index contributed by atoms with van der Waals surface area (Å²) in [5.41, 5.74) is 0. The second-order valence-electron chi connectivity index (χ2n) is 2.57. The summed E-state index contributed by atoms with van der Waals surface area (Å²) in [6, 6.07) is 0.